The summed E-state index contributed by atoms with van der Waals surface area (Å²) in [5.74, 6) is -0.868. The predicted octanol–water partition coefficient (Wildman–Crippen LogP) is 1.83. The van der Waals surface area contributed by atoms with Crippen LogP contribution in [-0.2, 0) is 0 Å². The van der Waals surface area contributed by atoms with Crippen molar-refractivity contribution in [3.05, 3.63) is 28.2 Å². The number of carbonyl (C=O) groups is 1. The summed E-state index contributed by atoms with van der Waals surface area (Å²) in [4.78, 5) is 18.1. The van der Waals surface area contributed by atoms with Crippen LogP contribution in [0, 0.1) is 0 Å². The molecule has 0 aliphatic carbocycles. The number of benzene rings is 1. The van der Waals surface area contributed by atoms with E-state index in [0.717, 1.165) is 49.4 Å². The molecule has 0 bridgehead atoms. The van der Waals surface area contributed by atoms with Gasteiger partial charge in [0.15, 0.2) is 0 Å². The standard InChI is InChI=1S/C15H22BrN3O2/c1-17(2)5-6-18-7-9-19(10-8-18)14-11-12(16)3-4-13(14)15(20)21/h3-4,11H,5-10H2,1-2H3,(H,20,21). The number of piperazine rings is 1. The largest absolute Gasteiger partial charge is 0.478 e. The van der Waals surface area contributed by atoms with Gasteiger partial charge in [-0.2, -0.15) is 0 Å². The van der Waals surface area contributed by atoms with Crippen LogP contribution in [0.1, 0.15) is 10.4 Å². The number of nitrogens with zero attached hydrogens (tertiary/aromatic N) is 3. The Morgan fingerprint density at radius 2 is 1.95 bits per heavy atom. The smallest absolute Gasteiger partial charge is 0.337 e. The van der Waals surface area contributed by atoms with E-state index in [1.807, 2.05) is 6.07 Å². The van der Waals surface area contributed by atoms with Crippen molar-refractivity contribution in [2.24, 2.45) is 0 Å². The highest BCUT2D eigenvalue weighted by molar-refractivity contribution is 9.10. The minimum absolute atomic E-state index is 0.375. The molecule has 0 atom stereocenters. The zero-order valence-corrected chi connectivity index (χ0v) is 14.1. The summed E-state index contributed by atoms with van der Waals surface area (Å²) in [7, 11) is 4.16. The molecule has 2 rings (SSSR count). The van der Waals surface area contributed by atoms with Crippen LogP contribution in [0.4, 0.5) is 5.69 Å². The Balaban J connectivity index is 2.02. The van der Waals surface area contributed by atoms with Gasteiger partial charge in [0.2, 0.25) is 0 Å². The van der Waals surface area contributed by atoms with Gasteiger partial charge in [-0.15, -0.1) is 0 Å². The van der Waals surface area contributed by atoms with E-state index in [0.29, 0.717) is 5.56 Å². The third-order valence-corrected chi connectivity index (χ3v) is 4.26. The van der Waals surface area contributed by atoms with Crippen molar-refractivity contribution < 1.29 is 9.90 Å². The number of halogens is 1. The first-order chi connectivity index (χ1) is 9.97. The monoisotopic (exact) mass is 355 g/mol. The van der Waals surface area contributed by atoms with Crippen LogP contribution >= 0.6 is 15.9 Å². The van der Waals surface area contributed by atoms with Gasteiger partial charge >= 0.3 is 5.97 Å². The number of aromatic carboxylic acids is 1. The zero-order chi connectivity index (χ0) is 15.4. The normalized spacial score (nSPS) is 16.5. The van der Waals surface area contributed by atoms with Gasteiger partial charge in [-0.05, 0) is 32.3 Å². The average molecular weight is 356 g/mol. The van der Waals surface area contributed by atoms with E-state index in [-0.39, 0.29) is 0 Å². The second-order valence-corrected chi connectivity index (χ2v) is 6.51. The van der Waals surface area contributed by atoms with Crippen LogP contribution in [0.3, 0.4) is 0 Å². The molecule has 1 N–H and O–H groups in total. The summed E-state index contributed by atoms with van der Waals surface area (Å²) in [6, 6.07) is 5.35. The number of hydrogen-bond acceptors (Lipinski definition) is 4. The van der Waals surface area contributed by atoms with E-state index in [1.54, 1.807) is 12.1 Å². The lowest BCUT2D eigenvalue weighted by Crippen LogP contribution is -2.48. The van der Waals surface area contributed by atoms with Crippen molar-refractivity contribution in [1.82, 2.24) is 9.80 Å². The van der Waals surface area contributed by atoms with Crippen LogP contribution in [0.5, 0.6) is 0 Å². The molecule has 0 radical (unpaired) electrons. The molecular weight excluding hydrogens is 334 g/mol. The lowest BCUT2D eigenvalue weighted by Gasteiger charge is -2.37. The summed E-state index contributed by atoms with van der Waals surface area (Å²) in [6.07, 6.45) is 0. The molecular formula is C15H22BrN3O2. The molecule has 1 aliphatic heterocycles. The highest BCUT2D eigenvalue weighted by Gasteiger charge is 2.21. The summed E-state index contributed by atoms with van der Waals surface area (Å²) in [5, 5.41) is 9.33. The SMILES string of the molecule is CN(C)CCN1CCN(c2cc(Br)ccc2C(=O)O)CC1. The molecule has 1 aromatic rings. The lowest BCUT2D eigenvalue weighted by molar-refractivity contribution is 0.0697. The Bertz CT molecular complexity index is 500. The Labute approximate surface area is 134 Å². The van der Waals surface area contributed by atoms with E-state index in [1.165, 1.54) is 0 Å². The molecule has 1 aliphatic rings. The Morgan fingerprint density at radius 1 is 1.29 bits per heavy atom. The van der Waals surface area contributed by atoms with Crippen LogP contribution in [0.2, 0.25) is 0 Å². The van der Waals surface area contributed by atoms with Crippen LogP contribution in [-0.4, -0.2) is 74.2 Å². The maximum absolute atomic E-state index is 11.4. The minimum Gasteiger partial charge on any atom is -0.478 e. The van der Waals surface area contributed by atoms with Crippen molar-refractivity contribution >= 4 is 27.6 Å². The first-order valence-corrected chi connectivity index (χ1v) is 7.91. The molecule has 1 heterocycles. The number of anilines is 1. The first-order valence-electron chi connectivity index (χ1n) is 7.12. The van der Waals surface area contributed by atoms with Gasteiger partial charge in [-0.3, -0.25) is 4.90 Å². The first kappa shape index (κ1) is 16.3. The lowest BCUT2D eigenvalue weighted by atomic mass is 10.1. The molecule has 0 unspecified atom stereocenters. The average Bonchev–Trinajstić information content (AvgIpc) is 2.45. The van der Waals surface area contributed by atoms with Crippen LogP contribution in [0.25, 0.3) is 0 Å². The van der Waals surface area contributed by atoms with Gasteiger partial charge in [0.1, 0.15) is 0 Å². The van der Waals surface area contributed by atoms with Gasteiger partial charge in [0.25, 0.3) is 0 Å². The quantitative estimate of drug-likeness (QED) is 0.872. The van der Waals surface area contributed by atoms with Crippen molar-refractivity contribution in [1.29, 1.82) is 0 Å². The van der Waals surface area contributed by atoms with Gasteiger partial charge < -0.3 is 14.9 Å². The summed E-state index contributed by atoms with van der Waals surface area (Å²) >= 11 is 3.43. The fourth-order valence-electron chi connectivity index (χ4n) is 2.50. The predicted molar refractivity (Wildman–Crippen MR) is 88.3 cm³/mol. The highest BCUT2D eigenvalue weighted by Crippen LogP contribution is 2.26. The molecule has 5 nitrogen and oxygen atoms in total. The second-order valence-electron chi connectivity index (χ2n) is 5.60. The van der Waals surface area contributed by atoms with Gasteiger partial charge in [-0.1, -0.05) is 15.9 Å². The molecule has 1 aromatic carbocycles. The maximum atomic E-state index is 11.4. The number of carboxylic acids is 1. The van der Waals surface area contributed by atoms with Gasteiger partial charge in [0, 0.05) is 43.7 Å². The maximum Gasteiger partial charge on any atom is 0.337 e. The van der Waals surface area contributed by atoms with Gasteiger partial charge in [-0.25, -0.2) is 4.79 Å². The number of rotatable bonds is 5. The number of likely N-dealkylation sites (N-methyl/N-ethyl adjacent to an activating group) is 1. The van der Waals surface area contributed by atoms with E-state index in [4.69, 9.17) is 0 Å². The Morgan fingerprint density at radius 3 is 2.52 bits per heavy atom. The van der Waals surface area contributed by atoms with E-state index >= 15 is 0 Å². The number of carboxylic acid groups (broad SMARTS) is 1. The summed E-state index contributed by atoms with van der Waals surface area (Å²) in [6.45, 7) is 5.79. The molecule has 0 amide bonds. The van der Waals surface area contributed by atoms with E-state index < -0.39 is 5.97 Å². The molecule has 6 heteroatoms. The minimum atomic E-state index is -0.868. The topological polar surface area (TPSA) is 47.0 Å². The third kappa shape index (κ3) is 4.43. The zero-order valence-electron chi connectivity index (χ0n) is 12.5. The summed E-state index contributed by atoms with van der Waals surface area (Å²) in [5.41, 5.74) is 1.18. The van der Waals surface area contributed by atoms with Crippen molar-refractivity contribution in [2.75, 3.05) is 58.3 Å². The van der Waals surface area contributed by atoms with Crippen molar-refractivity contribution in [3.63, 3.8) is 0 Å². The Hall–Kier alpha value is -1.11. The second kappa shape index (κ2) is 7.24. The van der Waals surface area contributed by atoms with Gasteiger partial charge in [0.05, 0.1) is 11.3 Å². The molecule has 1 saturated heterocycles. The third-order valence-electron chi connectivity index (χ3n) is 3.77. The van der Waals surface area contributed by atoms with Crippen molar-refractivity contribution in [2.45, 2.75) is 0 Å². The van der Waals surface area contributed by atoms with Crippen molar-refractivity contribution in [3.8, 4) is 0 Å². The molecule has 0 spiro atoms. The fraction of sp³-hybridized carbons (Fsp3) is 0.533. The van der Waals surface area contributed by atoms with E-state index in [2.05, 4.69) is 44.7 Å². The fourth-order valence-corrected chi connectivity index (χ4v) is 2.85. The molecule has 0 aromatic heterocycles. The molecule has 116 valence electrons. The summed E-state index contributed by atoms with van der Waals surface area (Å²) < 4.78 is 0.914. The Kier molecular flexibility index (Phi) is 5.61. The number of hydrogen-bond donors (Lipinski definition) is 1. The van der Waals surface area contributed by atoms with Crippen LogP contribution < -0.4 is 4.90 Å². The molecule has 1 fully saturated rings. The molecule has 0 saturated carbocycles. The van der Waals surface area contributed by atoms with E-state index in [9.17, 15) is 9.90 Å². The molecule has 21 heavy (non-hydrogen) atoms. The highest BCUT2D eigenvalue weighted by atomic mass is 79.9. The van der Waals surface area contributed by atoms with Crippen LogP contribution in [0.15, 0.2) is 22.7 Å².